The largest absolute Gasteiger partial charge is 0.332 e. The molecule has 0 aliphatic rings. The molecule has 0 saturated heterocycles. The van der Waals surface area contributed by atoms with E-state index in [0.29, 0.717) is 13.2 Å². The molecule has 0 N–H and O–H groups in total. The van der Waals surface area contributed by atoms with Crippen LogP contribution in [0.2, 0.25) is 0 Å². The van der Waals surface area contributed by atoms with E-state index >= 15 is 0 Å². The van der Waals surface area contributed by atoms with Crippen molar-refractivity contribution in [3.05, 3.63) is 0 Å². The van der Waals surface area contributed by atoms with E-state index in [9.17, 15) is 0 Å². The molecule has 0 heterocycles. The van der Waals surface area contributed by atoms with Crippen molar-refractivity contribution in [1.29, 1.82) is 0 Å². The monoisotopic (exact) mass is 208 g/mol. The Morgan fingerprint density at radius 2 is 1.46 bits per heavy atom. The van der Waals surface area contributed by atoms with Crippen molar-refractivity contribution >= 4 is 8.60 Å². The molecule has 0 amide bonds. The molecule has 3 nitrogen and oxygen atoms in total. The lowest BCUT2D eigenvalue weighted by atomic mass is 10.3. The molecule has 0 rings (SSSR count). The molecular formula is C9H21O3P. The van der Waals surface area contributed by atoms with Gasteiger partial charge in [0.25, 0.3) is 0 Å². The fourth-order valence-corrected chi connectivity index (χ4v) is 1.74. The van der Waals surface area contributed by atoms with Crippen LogP contribution in [0.1, 0.15) is 40.0 Å². The second kappa shape index (κ2) is 10.4. The van der Waals surface area contributed by atoms with Crippen LogP contribution in [0.4, 0.5) is 0 Å². The summed E-state index contributed by atoms with van der Waals surface area (Å²) in [6.45, 7) is 8.12. The van der Waals surface area contributed by atoms with Gasteiger partial charge in [0.1, 0.15) is 0 Å². The molecule has 0 radical (unpaired) electrons. The summed E-state index contributed by atoms with van der Waals surface area (Å²) >= 11 is 0. The lowest BCUT2D eigenvalue weighted by Gasteiger charge is -2.14. The molecular weight excluding hydrogens is 187 g/mol. The van der Waals surface area contributed by atoms with Gasteiger partial charge in [-0.1, -0.05) is 19.8 Å². The smallest absolute Gasteiger partial charge is 0.313 e. The third-order valence-electron chi connectivity index (χ3n) is 1.41. The van der Waals surface area contributed by atoms with E-state index < -0.39 is 8.60 Å². The number of hydrogen-bond donors (Lipinski definition) is 0. The first kappa shape index (κ1) is 13.3. The molecule has 0 fully saturated rings. The predicted molar refractivity (Wildman–Crippen MR) is 55.6 cm³/mol. The molecule has 0 spiro atoms. The van der Waals surface area contributed by atoms with Gasteiger partial charge in [-0.15, -0.1) is 0 Å². The van der Waals surface area contributed by atoms with E-state index in [2.05, 4.69) is 6.92 Å². The summed E-state index contributed by atoms with van der Waals surface area (Å²) in [6, 6.07) is 0. The Balaban J connectivity index is 3.33. The molecule has 4 heteroatoms. The number of hydrogen-bond acceptors (Lipinski definition) is 3. The van der Waals surface area contributed by atoms with Gasteiger partial charge in [0.15, 0.2) is 0 Å². The van der Waals surface area contributed by atoms with Crippen molar-refractivity contribution in [2.75, 3.05) is 19.8 Å². The van der Waals surface area contributed by atoms with Crippen molar-refractivity contribution in [2.24, 2.45) is 0 Å². The third kappa shape index (κ3) is 8.63. The molecule has 0 saturated carbocycles. The van der Waals surface area contributed by atoms with Gasteiger partial charge in [0.05, 0.1) is 19.8 Å². The fourth-order valence-electron chi connectivity index (χ4n) is 0.814. The minimum Gasteiger partial charge on any atom is -0.313 e. The maximum absolute atomic E-state index is 5.45. The molecule has 0 bridgehead atoms. The maximum atomic E-state index is 5.45. The Kier molecular flexibility index (Phi) is 10.6. The van der Waals surface area contributed by atoms with Gasteiger partial charge in [-0.25, -0.2) is 0 Å². The zero-order valence-electron chi connectivity index (χ0n) is 8.91. The summed E-state index contributed by atoms with van der Waals surface area (Å²) in [6.07, 6.45) is 3.52. The highest BCUT2D eigenvalue weighted by molar-refractivity contribution is 7.41. The zero-order valence-corrected chi connectivity index (χ0v) is 9.81. The average molecular weight is 208 g/mol. The molecule has 0 aromatic rings. The highest BCUT2D eigenvalue weighted by Crippen LogP contribution is 2.39. The molecule has 0 aromatic carbocycles. The van der Waals surface area contributed by atoms with Crippen LogP contribution in [0.25, 0.3) is 0 Å². The standard InChI is InChI=1S/C9H21O3P/c1-4-7-8-9-12-13(10-5-2)11-6-3/h4-9H2,1-3H3. The summed E-state index contributed by atoms with van der Waals surface area (Å²) in [4.78, 5) is 0. The first-order valence-corrected chi connectivity index (χ1v) is 6.13. The summed E-state index contributed by atoms with van der Waals surface area (Å²) in [7, 11) is -1.08. The lowest BCUT2D eigenvalue weighted by Crippen LogP contribution is -1.96. The minimum absolute atomic E-state index is 0.652. The van der Waals surface area contributed by atoms with Gasteiger partial charge >= 0.3 is 8.60 Å². The highest BCUT2D eigenvalue weighted by atomic mass is 31.2. The SMILES string of the molecule is CCCCCOP(OCC)OCC. The van der Waals surface area contributed by atoms with Crippen LogP contribution in [0, 0.1) is 0 Å². The van der Waals surface area contributed by atoms with Gasteiger partial charge in [-0.3, -0.25) is 0 Å². The Hall–Kier alpha value is 0.310. The Labute approximate surface area is 82.8 Å². The van der Waals surface area contributed by atoms with E-state index in [1.165, 1.54) is 12.8 Å². The predicted octanol–water partition coefficient (Wildman–Crippen LogP) is 3.49. The van der Waals surface area contributed by atoms with Gasteiger partial charge in [-0.2, -0.15) is 0 Å². The molecule has 13 heavy (non-hydrogen) atoms. The van der Waals surface area contributed by atoms with Crippen molar-refractivity contribution in [3.63, 3.8) is 0 Å². The van der Waals surface area contributed by atoms with Gasteiger partial charge < -0.3 is 13.6 Å². The average Bonchev–Trinajstić information content (AvgIpc) is 2.13. The van der Waals surface area contributed by atoms with Gasteiger partial charge in [0, 0.05) is 0 Å². The van der Waals surface area contributed by atoms with Crippen LogP contribution in [0.3, 0.4) is 0 Å². The van der Waals surface area contributed by atoms with E-state index in [4.69, 9.17) is 13.6 Å². The summed E-state index contributed by atoms with van der Waals surface area (Å²) in [5.74, 6) is 0. The maximum Gasteiger partial charge on any atom is 0.332 e. The highest BCUT2D eigenvalue weighted by Gasteiger charge is 2.09. The topological polar surface area (TPSA) is 27.7 Å². The van der Waals surface area contributed by atoms with Crippen LogP contribution in [-0.4, -0.2) is 19.8 Å². The van der Waals surface area contributed by atoms with Crippen molar-refractivity contribution in [3.8, 4) is 0 Å². The first-order valence-electron chi connectivity index (χ1n) is 5.04. The quantitative estimate of drug-likeness (QED) is 0.428. The van der Waals surface area contributed by atoms with E-state index in [1.807, 2.05) is 13.8 Å². The van der Waals surface area contributed by atoms with Crippen molar-refractivity contribution in [2.45, 2.75) is 40.0 Å². The number of rotatable bonds is 9. The molecule has 0 aliphatic heterocycles. The number of unbranched alkanes of at least 4 members (excludes halogenated alkanes) is 2. The van der Waals surface area contributed by atoms with Gasteiger partial charge in [0.2, 0.25) is 0 Å². The van der Waals surface area contributed by atoms with E-state index in [0.717, 1.165) is 13.0 Å². The molecule has 0 unspecified atom stereocenters. The Morgan fingerprint density at radius 3 is 1.92 bits per heavy atom. The van der Waals surface area contributed by atoms with Crippen LogP contribution in [0.5, 0.6) is 0 Å². The molecule has 80 valence electrons. The summed E-state index contributed by atoms with van der Waals surface area (Å²) in [5.41, 5.74) is 0. The van der Waals surface area contributed by atoms with Gasteiger partial charge in [-0.05, 0) is 20.3 Å². The molecule has 0 aliphatic carbocycles. The molecule has 0 aromatic heterocycles. The second-order valence-electron chi connectivity index (χ2n) is 2.60. The van der Waals surface area contributed by atoms with Crippen molar-refractivity contribution in [1.82, 2.24) is 0 Å². The van der Waals surface area contributed by atoms with Crippen LogP contribution >= 0.6 is 8.60 Å². The zero-order chi connectivity index (χ0) is 9.94. The Bertz CT molecular complexity index is 94.9. The normalized spacial score (nSPS) is 11.1. The van der Waals surface area contributed by atoms with E-state index in [1.54, 1.807) is 0 Å². The van der Waals surface area contributed by atoms with E-state index in [-0.39, 0.29) is 0 Å². The lowest BCUT2D eigenvalue weighted by molar-refractivity contribution is 0.168. The minimum atomic E-state index is -1.08. The first-order chi connectivity index (χ1) is 6.35. The summed E-state index contributed by atoms with van der Waals surface area (Å²) < 4.78 is 16.0. The Morgan fingerprint density at radius 1 is 0.846 bits per heavy atom. The molecule has 0 atom stereocenters. The van der Waals surface area contributed by atoms with Crippen LogP contribution in [-0.2, 0) is 13.6 Å². The third-order valence-corrected chi connectivity index (χ3v) is 2.75. The fraction of sp³-hybridized carbons (Fsp3) is 1.00. The van der Waals surface area contributed by atoms with Crippen molar-refractivity contribution < 1.29 is 13.6 Å². The summed E-state index contributed by atoms with van der Waals surface area (Å²) in [5, 5.41) is 0. The van der Waals surface area contributed by atoms with Crippen LogP contribution in [0.15, 0.2) is 0 Å². The van der Waals surface area contributed by atoms with Crippen LogP contribution < -0.4 is 0 Å². The second-order valence-corrected chi connectivity index (χ2v) is 3.82.